The van der Waals surface area contributed by atoms with E-state index in [4.69, 9.17) is 27.9 Å². The summed E-state index contributed by atoms with van der Waals surface area (Å²) in [6.45, 7) is 2.98. The highest BCUT2D eigenvalue weighted by molar-refractivity contribution is 6.35. The third-order valence-corrected chi connectivity index (χ3v) is 4.71. The maximum atomic E-state index is 12.3. The largest absolute Gasteiger partial charge is 0.378 e. The summed E-state index contributed by atoms with van der Waals surface area (Å²) in [7, 11) is 0. The third kappa shape index (κ3) is 4.55. The number of morpholine rings is 1. The molecule has 0 aliphatic carbocycles. The summed E-state index contributed by atoms with van der Waals surface area (Å²) in [5, 5.41) is 3.28. The first kappa shape index (κ1) is 18.7. The van der Waals surface area contributed by atoms with Crippen molar-refractivity contribution in [3.05, 3.63) is 63.6 Å². The zero-order valence-corrected chi connectivity index (χ0v) is 15.5. The van der Waals surface area contributed by atoms with Gasteiger partial charge in [-0.1, -0.05) is 23.2 Å². The van der Waals surface area contributed by atoms with Gasteiger partial charge in [0, 0.05) is 29.4 Å². The number of rotatable bonds is 5. The monoisotopic (exact) mass is 392 g/mol. The molecular formula is C19H18Cl2N2O3. The van der Waals surface area contributed by atoms with Crippen LogP contribution in [0.1, 0.15) is 20.7 Å². The molecule has 0 saturated carbocycles. The molecule has 1 aliphatic rings. The molecule has 0 radical (unpaired) electrons. The smallest absolute Gasteiger partial charge is 0.253 e. The van der Waals surface area contributed by atoms with Crippen LogP contribution in [0.15, 0.2) is 42.5 Å². The van der Waals surface area contributed by atoms with Crippen molar-refractivity contribution in [2.24, 2.45) is 0 Å². The summed E-state index contributed by atoms with van der Waals surface area (Å²) in [5.74, 6) is -0.610. The number of halogens is 2. The SMILES string of the molecule is O=C(CNC(=O)c1cc(Cl)ccc1Cl)c1ccc(N2CCOCC2)cc1. The van der Waals surface area contributed by atoms with E-state index in [1.807, 2.05) is 12.1 Å². The summed E-state index contributed by atoms with van der Waals surface area (Å²) in [5.41, 5.74) is 1.84. The number of benzene rings is 2. The second-order valence-corrected chi connectivity index (χ2v) is 6.72. The molecule has 136 valence electrons. The Morgan fingerprint density at radius 1 is 1.04 bits per heavy atom. The van der Waals surface area contributed by atoms with Gasteiger partial charge < -0.3 is 15.0 Å². The molecule has 26 heavy (non-hydrogen) atoms. The minimum Gasteiger partial charge on any atom is -0.378 e. The number of hydrogen-bond acceptors (Lipinski definition) is 4. The summed E-state index contributed by atoms with van der Waals surface area (Å²) < 4.78 is 5.34. The average Bonchev–Trinajstić information content (AvgIpc) is 2.68. The van der Waals surface area contributed by atoms with Gasteiger partial charge in [-0.3, -0.25) is 9.59 Å². The zero-order valence-electron chi connectivity index (χ0n) is 14.0. The lowest BCUT2D eigenvalue weighted by Gasteiger charge is -2.28. The molecule has 0 unspecified atom stereocenters. The highest BCUT2D eigenvalue weighted by Gasteiger charge is 2.15. The number of ketones is 1. The van der Waals surface area contributed by atoms with Crippen molar-refractivity contribution in [2.45, 2.75) is 0 Å². The topological polar surface area (TPSA) is 58.6 Å². The van der Waals surface area contributed by atoms with Gasteiger partial charge >= 0.3 is 0 Å². The van der Waals surface area contributed by atoms with Gasteiger partial charge in [-0.15, -0.1) is 0 Å². The van der Waals surface area contributed by atoms with Crippen LogP contribution in [0.3, 0.4) is 0 Å². The Morgan fingerprint density at radius 2 is 1.73 bits per heavy atom. The Hall–Kier alpha value is -2.08. The molecule has 0 atom stereocenters. The Bertz CT molecular complexity index is 803. The Kier molecular flexibility index (Phi) is 6.14. The van der Waals surface area contributed by atoms with Crippen molar-refractivity contribution in [3.63, 3.8) is 0 Å². The van der Waals surface area contributed by atoms with E-state index in [1.165, 1.54) is 6.07 Å². The highest BCUT2D eigenvalue weighted by atomic mass is 35.5. The second-order valence-electron chi connectivity index (χ2n) is 5.88. The predicted octanol–water partition coefficient (Wildman–Crippen LogP) is 3.44. The Labute approximate surface area is 161 Å². The van der Waals surface area contributed by atoms with Gasteiger partial charge in [-0.25, -0.2) is 0 Å². The second kappa shape index (κ2) is 8.54. The maximum absolute atomic E-state index is 12.3. The van der Waals surface area contributed by atoms with Crippen LogP contribution in [-0.2, 0) is 4.74 Å². The molecule has 1 heterocycles. The third-order valence-electron chi connectivity index (χ3n) is 4.15. The van der Waals surface area contributed by atoms with Crippen LogP contribution >= 0.6 is 23.2 Å². The van der Waals surface area contributed by atoms with Crippen molar-refractivity contribution in [3.8, 4) is 0 Å². The molecule has 0 aromatic heterocycles. The lowest BCUT2D eigenvalue weighted by molar-refractivity contribution is 0.0904. The molecule has 3 rings (SSSR count). The molecule has 1 fully saturated rings. The fourth-order valence-electron chi connectivity index (χ4n) is 2.71. The van der Waals surface area contributed by atoms with Crippen molar-refractivity contribution in [1.29, 1.82) is 0 Å². The van der Waals surface area contributed by atoms with E-state index >= 15 is 0 Å². The van der Waals surface area contributed by atoms with Gasteiger partial charge in [0.25, 0.3) is 5.91 Å². The van der Waals surface area contributed by atoms with Gasteiger partial charge in [0.05, 0.1) is 30.3 Å². The molecule has 1 saturated heterocycles. The predicted molar refractivity (Wildman–Crippen MR) is 103 cm³/mol. The summed E-state index contributed by atoms with van der Waals surface area (Å²) in [6.07, 6.45) is 0. The molecule has 2 aromatic rings. The summed E-state index contributed by atoms with van der Waals surface area (Å²) in [6, 6.07) is 12.0. The van der Waals surface area contributed by atoms with Crippen LogP contribution in [-0.4, -0.2) is 44.5 Å². The van der Waals surface area contributed by atoms with E-state index in [9.17, 15) is 9.59 Å². The van der Waals surface area contributed by atoms with Gasteiger partial charge in [0.2, 0.25) is 0 Å². The number of nitrogens with one attached hydrogen (secondary N) is 1. The van der Waals surface area contributed by atoms with Crippen LogP contribution < -0.4 is 10.2 Å². The number of ether oxygens (including phenoxy) is 1. The van der Waals surface area contributed by atoms with E-state index in [0.29, 0.717) is 23.8 Å². The lowest BCUT2D eigenvalue weighted by atomic mass is 10.1. The van der Waals surface area contributed by atoms with Crippen LogP contribution in [0.2, 0.25) is 10.0 Å². The number of Topliss-reactive ketones (excluding diaryl/α,β-unsaturated/α-hetero) is 1. The fourth-order valence-corrected chi connectivity index (χ4v) is 3.08. The molecule has 0 bridgehead atoms. The molecule has 0 spiro atoms. The number of nitrogens with zero attached hydrogens (tertiary/aromatic N) is 1. The van der Waals surface area contributed by atoms with E-state index in [2.05, 4.69) is 10.2 Å². The Balaban J connectivity index is 1.59. The summed E-state index contributed by atoms with van der Waals surface area (Å²) >= 11 is 11.9. The van der Waals surface area contributed by atoms with E-state index in [1.54, 1.807) is 24.3 Å². The first-order valence-electron chi connectivity index (χ1n) is 8.24. The first-order valence-corrected chi connectivity index (χ1v) is 8.99. The van der Waals surface area contributed by atoms with Gasteiger partial charge in [-0.2, -0.15) is 0 Å². The number of carbonyl (C=O) groups is 2. The number of carbonyl (C=O) groups excluding carboxylic acids is 2. The molecule has 1 amide bonds. The Morgan fingerprint density at radius 3 is 2.42 bits per heavy atom. The van der Waals surface area contributed by atoms with Crippen molar-refractivity contribution in [1.82, 2.24) is 5.32 Å². The molecule has 7 heteroatoms. The van der Waals surface area contributed by atoms with Crippen molar-refractivity contribution >= 4 is 40.6 Å². The minimum absolute atomic E-state index is 0.113. The van der Waals surface area contributed by atoms with Crippen LogP contribution in [0.25, 0.3) is 0 Å². The molecule has 1 aliphatic heterocycles. The first-order chi connectivity index (χ1) is 12.5. The molecule has 5 nitrogen and oxygen atoms in total. The van der Waals surface area contributed by atoms with Crippen molar-refractivity contribution < 1.29 is 14.3 Å². The van der Waals surface area contributed by atoms with Crippen molar-refractivity contribution in [2.75, 3.05) is 37.7 Å². The van der Waals surface area contributed by atoms with Crippen LogP contribution in [0.5, 0.6) is 0 Å². The van der Waals surface area contributed by atoms with Gasteiger partial charge in [0.1, 0.15) is 0 Å². The number of amides is 1. The van der Waals surface area contributed by atoms with Crippen LogP contribution in [0.4, 0.5) is 5.69 Å². The fraction of sp³-hybridized carbons (Fsp3) is 0.263. The van der Waals surface area contributed by atoms with E-state index in [-0.39, 0.29) is 22.9 Å². The molecular weight excluding hydrogens is 375 g/mol. The normalized spacial score (nSPS) is 14.2. The standard InChI is InChI=1S/C19H18Cl2N2O3/c20-14-3-6-17(21)16(11-14)19(25)22-12-18(24)13-1-4-15(5-2-13)23-7-9-26-10-8-23/h1-6,11H,7-10,12H2,(H,22,25). The highest BCUT2D eigenvalue weighted by Crippen LogP contribution is 2.20. The van der Waals surface area contributed by atoms with Gasteiger partial charge in [-0.05, 0) is 42.5 Å². The average molecular weight is 393 g/mol. The quantitative estimate of drug-likeness (QED) is 0.791. The summed E-state index contributed by atoms with van der Waals surface area (Å²) in [4.78, 5) is 26.7. The zero-order chi connectivity index (χ0) is 18.5. The minimum atomic E-state index is -0.434. The molecule has 2 aromatic carbocycles. The maximum Gasteiger partial charge on any atom is 0.253 e. The van der Waals surface area contributed by atoms with Gasteiger partial charge in [0.15, 0.2) is 5.78 Å². The van der Waals surface area contributed by atoms with E-state index in [0.717, 1.165) is 18.8 Å². The lowest BCUT2D eigenvalue weighted by Crippen LogP contribution is -2.36. The number of hydrogen-bond donors (Lipinski definition) is 1. The van der Waals surface area contributed by atoms with E-state index < -0.39 is 5.91 Å². The molecule has 1 N–H and O–H groups in total. The van der Waals surface area contributed by atoms with Crippen LogP contribution in [0, 0.1) is 0 Å². The number of anilines is 1.